The Morgan fingerprint density at radius 1 is 0.903 bits per heavy atom. The van der Waals surface area contributed by atoms with Crippen molar-refractivity contribution in [2.75, 3.05) is 30.4 Å². The summed E-state index contributed by atoms with van der Waals surface area (Å²) in [6.07, 6.45) is 0.814. The first-order valence-electron chi connectivity index (χ1n) is 9.98. The van der Waals surface area contributed by atoms with E-state index < -0.39 is 4.92 Å². The second-order valence-electron chi connectivity index (χ2n) is 7.52. The average Bonchev–Trinajstić information content (AvgIpc) is 3.26. The lowest BCUT2D eigenvalue weighted by Gasteiger charge is -2.26. The Labute approximate surface area is 179 Å². The van der Waals surface area contributed by atoms with Crippen molar-refractivity contribution in [2.24, 2.45) is 0 Å². The number of aromatic nitrogens is 2. The van der Waals surface area contributed by atoms with Gasteiger partial charge in [-0.3, -0.25) is 10.1 Å². The molecular weight excluding hydrogens is 394 g/mol. The van der Waals surface area contributed by atoms with Crippen LogP contribution < -0.4 is 9.80 Å². The highest BCUT2D eigenvalue weighted by Crippen LogP contribution is 2.40. The van der Waals surface area contributed by atoms with Crippen molar-refractivity contribution in [2.45, 2.75) is 13.0 Å². The summed E-state index contributed by atoms with van der Waals surface area (Å²) in [7, 11) is 3.55. The van der Waals surface area contributed by atoms with E-state index in [9.17, 15) is 10.1 Å². The van der Waals surface area contributed by atoms with E-state index in [1.165, 1.54) is 5.56 Å². The molecule has 0 radical (unpaired) electrons. The van der Waals surface area contributed by atoms with Crippen LogP contribution in [-0.4, -0.2) is 35.9 Å². The SMILES string of the molecule is CN(C)c1cc(N(CCc2ccccc2)Cc2ccccc2)c2nonc2c1[N+](=O)[O-]. The highest BCUT2D eigenvalue weighted by molar-refractivity contribution is 6.00. The third-order valence-electron chi connectivity index (χ3n) is 5.21. The van der Waals surface area contributed by atoms with Crippen LogP contribution in [0.15, 0.2) is 71.4 Å². The first kappa shape index (κ1) is 20.3. The van der Waals surface area contributed by atoms with Crippen molar-refractivity contribution in [3.63, 3.8) is 0 Å². The van der Waals surface area contributed by atoms with Crippen molar-refractivity contribution in [3.05, 3.63) is 88.0 Å². The van der Waals surface area contributed by atoms with Gasteiger partial charge in [-0.1, -0.05) is 60.7 Å². The molecule has 0 saturated heterocycles. The van der Waals surface area contributed by atoms with Crippen molar-refractivity contribution in [1.82, 2.24) is 10.3 Å². The van der Waals surface area contributed by atoms with Crippen molar-refractivity contribution >= 4 is 28.1 Å². The Bertz CT molecular complexity index is 1180. The fraction of sp³-hybridized carbons (Fsp3) is 0.217. The minimum absolute atomic E-state index is 0.104. The zero-order valence-electron chi connectivity index (χ0n) is 17.4. The molecule has 0 saturated carbocycles. The summed E-state index contributed by atoms with van der Waals surface area (Å²) in [5.41, 5.74) is 4.00. The molecule has 158 valence electrons. The number of nitro groups is 1. The number of nitro benzene ring substituents is 1. The quantitative estimate of drug-likeness (QED) is 0.309. The molecule has 0 amide bonds. The standard InChI is InChI=1S/C23H23N5O3/c1-26(2)20-15-19(21-22(25-31-24-21)23(20)28(29)30)27(16-18-11-7-4-8-12-18)14-13-17-9-5-3-6-10-17/h3-12,15H,13-14,16H2,1-2H3. The zero-order chi connectivity index (χ0) is 21.8. The summed E-state index contributed by atoms with van der Waals surface area (Å²) in [6, 6.07) is 22.1. The van der Waals surface area contributed by atoms with Crippen LogP contribution in [0.4, 0.5) is 17.1 Å². The Kier molecular flexibility index (Phi) is 5.79. The predicted molar refractivity (Wildman–Crippen MR) is 120 cm³/mol. The van der Waals surface area contributed by atoms with Gasteiger partial charge in [-0.15, -0.1) is 0 Å². The normalized spacial score (nSPS) is 10.9. The van der Waals surface area contributed by atoms with E-state index in [2.05, 4.69) is 39.5 Å². The monoisotopic (exact) mass is 417 g/mol. The van der Waals surface area contributed by atoms with Crippen molar-refractivity contribution in [1.29, 1.82) is 0 Å². The van der Waals surface area contributed by atoms with Gasteiger partial charge in [0.2, 0.25) is 5.52 Å². The Morgan fingerprint density at radius 3 is 2.13 bits per heavy atom. The molecule has 4 rings (SSSR count). The minimum Gasteiger partial charge on any atom is -0.372 e. The lowest BCUT2D eigenvalue weighted by atomic mass is 10.1. The molecule has 0 spiro atoms. The lowest BCUT2D eigenvalue weighted by molar-refractivity contribution is -0.382. The zero-order valence-corrected chi connectivity index (χ0v) is 17.4. The van der Waals surface area contributed by atoms with Crippen molar-refractivity contribution in [3.8, 4) is 0 Å². The van der Waals surface area contributed by atoms with E-state index >= 15 is 0 Å². The number of hydrogen-bond donors (Lipinski definition) is 0. The average molecular weight is 417 g/mol. The van der Waals surface area contributed by atoms with Gasteiger partial charge in [0.05, 0.1) is 10.6 Å². The number of rotatable bonds is 8. The number of anilines is 2. The fourth-order valence-corrected chi connectivity index (χ4v) is 3.66. The van der Waals surface area contributed by atoms with Crippen molar-refractivity contribution < 1.29 is 9.55 Å². The topological polar surface area (TPSA) is 88.5 Å². The van der Waals surface area contributed by atoms with Gasteiger partial charge in [-0.2, -0.15) is 0 Å². The Morgan fingerprint density at radius 2 is 1.52 bits per heavy atom. The maximum Gasteiger partial charge on any atom is 0.323 e. The molecule has 0 bridgehead atoms. The third kappa shape index (κ3) is 4.32. The molecule has 0 aliphatic carbocycles. The summed E-state index contributed by atoms with van der Waals surface area (Å²) in [5.74, 6) is 0. The van der Waals surface area contributed by atoms with Crippen LogP contribution >= 0.6 is 0 Å². The summed E-state index contributed by atoms with van der Waals surface area (Å²) < 4.78 is 4.94. The van der Waals surface area contributed by atoms with Gasteiger partial charge >= 0.3 is 5.69 Å². The first-order valence-corrected chi connectivity index (χ1v) is 9.98. The fourth-order valence-electron chi connectivity index (χ4n) is 3.66. The molecule has 0 aliphatic heterocycles. The van der Waals surface area contributed by atoms with Gasteiger partial charge in [0.15, 0.2) is 5.52 Å². The molecule has 4 aromatic rings. The van der Waals surface area contributed by atoms with E-state index in [0.29, 0.717) is 24.3 Å². The highest BCUT2D eigenvalue weighted by atomic mass is 16.6. The molecule has 31 heavy (non-hydrogen) atoms. The van der Waals surface area contributed by atoms with Crippen LogP contribution in [-0.2, 0) is 13.0 Å². The maximum absolute atomic E-state index is 11.8. The molecule has 0 atom stereocenters. The van der Waals surface area contributed by atoms with Crippen LogP contribution in [0.3, 0.4) is 0 Å². The largest absolute Gasteiger partial charge is 0.372 e. The molecule has 8 nitrogen and oxygen atoms in total. The summed E-state index contributed by atoms with van der Waals surface area (Å²) in [4.78, 5) is 15.2. The molecule has 1 heterocycles. The van der Waals surface area contributed by atoms with Gasteiger partial charge < -0.3 is 9.80 Å². The Balaban J connectivity index is 1.80. The number of hydrogen-bond acceptors (Lipinski definition) is 7. The highest BCUT2D eigenvalue weighted by Gasteiger charge is 2.28. The molecule has 3 aromatic carbocycles. The van der Waals surface area contributed by atoms with Crippen LogP contribution in [0.1, 0.15) is 11.1 Å². The Hall–Kier alpha value is -3.94. The number of fused-ring (bicyclic) bond motifs is 1. The van der Waals surface area contributed by atoms with E-state index in [-0.39, 0.29) is 11.2 Å². The predicted octanol–water partition coefficient (Wildman–Crippen LogP) is 4.45. The lowest BCUT2D eigenvalue weighted by Crippen LogP contribution is -2.26. The second kappa shape index (κ2) is 8.83. The molecule has 8 heteroatoms. The summed E-state index contributed by atoms with van der Waals surface area (Å²) >= 11 is 0. The van der Waals surface area contributed by atoms with Gasteiger partial charge in [0, 0.05) is 27.2 Å². The molecule has 1 aromatic heterocycles. The summed E-state index contributed by atoms with van der Waals surface area (Å²) in [5, 5.41) is 19.7. The molecule has 0 unspecified atom stereocenters. The number of nitrogens with zero attached hydrogens (tertiary/aromatic N) is 5. The van der Waals surface area contributed by atoms with Gasteiger partial charge in [0.1, 0.15) is 5.69 Å². The van der Waals surface area contributed by atoms with Crippen LogP contribution in [0.25, 0.3) is 11.0 Å². The van der Waals surface area contributed by atoms with E-state index in [1.807, 2.05) is 36.4 Å². The van der Waals surface area contributed by atoms with Gasteiger partial charge in [-0.05, 0) is 33.9 Å². The first-order chi connectivity index (χ1) is 15.0. The van der Waals surface area contributed by atoms with Gasteiger partial charge in [-0.25, -0.2) is 4.63 Å². The number of benzene rings is 3. The molecular formula is C23H23N5O3. The van der Waals surface area contributed by atoms with E-state index in [4.69, 9.17) is 4.63 Å². The van der Waals surface area contributed by atoms with Crippen LogP contribution in [0.2, 0.25) is 0 Å². The third-order valence-corrected chi connectivity index (χ3v) is 5.21. The molecule has 0 N–H and O–H groups in total. The molecule has 0 fully saturated rings. The van der Waals surface area contributed by atoms with Gasteiger partial charge in [0.25, 0.3) is 0 Å². The minimum atomic E-state index is -0.433. The van der Waals surface area contributed by atoms with Crippen LogP contribution in [0.5, 0.6) is 0 Å². The summed E-state index contributed by atoms with van der Waals surface area (Å²) in [6.45, 7) is 1.33. The molecule has 0 aliphatic rings. The smallest absolute Gasteiger partial charge is 0.323 e. The van der Waals surface area contributed by atoms with E-state index in [1.54, 1.807) is 25.1 Å². The second-order valence-corrected chi connectivity index (χ2v) is 7.52. The maximum atomic E-state index is 11.8. The van der Waals surface area contributed by atoms with Crippen LogP contribution in [0, 0.1) is 10.1 Å². The van der Waals surface area contributed by atoms with E-state index in [0.717, 1.165) is 17.7 Å².